The third kappa shape index (κ3) is 2.95. The Hall–Kier alpha value is -1.04. The molecule has 1 aromatic rings. The number of hydrogen-bond donors (Lipinski definition) is 0. The Labute approximate surface area is 94.0 Å². The van der Waals surface area contributed by atoms with Gasteiger partial charge in [0.2, 0.25) is 0 Å². The molecule has 0 saturated carbocycles. The van der Waals surface area contributed by atoms with E-state index in [-0.39, 0.29) is 0 Å². The fourth-order valence-corrected chi connectivity index (χ4v) is 1.77. The molecule has 0 aliphatic carbocycles. The van der Waals surface area contributed by atoms with Crippen LogP contribution in [0.3, 0.4) is 0 Å². The van der Waals surface area contributed by atoms with Gasteiger partial charge in [-0.15, -0.1) is 0 Å². The summed E-state index contributed by atoms with van der Waals surface area (Å²) >= 11 is 0. The molecule has 0 atom stereocenters. The van der Waals surface area contributed by atoms with E-state index in [0.717, 1.165) is 6.42 Å². The molecule has 0 aliphatic rings. The van der Waals surface area contributed by atoms with Crippen LogP contribution < -0.4 is 0 Å². The van der Waals surface area contributed by atoms with Gasteiger partial charge in [0.25, 0.3) is 0 Å². The number of hydrogen-bond acceptors (Lipinski definition) is 0. The fraction of sp³-hybridized carbons (Fsp3) is 0.467. The van der Waals surface area contributed by atoms with Gasteiger partial charge in [0.15, 0.2) is 0 Å². The number of aryl methyl sites for hydroxylation is 2. The number of rotatable bonds is 4. The molecular formula is C15H22. The summed E-state index contributed by atoms with van der Waals surface area (Å²) < 4.78 is 0. The number of unbranched alkanes of at least 4 members (excludes halogenated alkanes) is 1. The zero-order valence-electron chi connectivity index (χ0n) is 10.5. The highest BCUT2D eigenvalue weighted by Crippen LogP contribution is 2.23. The summed E-state index contributed by atoms with van der Waals surface area (Å²) in [6, 6.07) is 4.53. The molecule has 0 unspecified atom stereocenters. The summed E-state index contributed by atoms with van der Waals surface area (Å²) in [6.45, 7) is 12.9. The van der Waals surface area contributed by atoms with Crippen molar-refractivity contribution in [1.82, 2.24) is 0 Å². The molecule has 0 aromatic heterocycles. The van der Waals surface area contributed by atoms with Crippen molar-refractivity contribution in [3.63, 3.8) is 0 Å². The first-order valence-electron chi connectivity index (χ1n) is 5.82. The Morgan fingerprint density at radius 1 is 1.13 bits per heavy atom. The Bertz CT molecular complexity index is 335. The molecule has 0 aliphatic heterocycles. The van der Waals surface area contributed by atoms with Gasteiger partial charge in [-0.2, -0.15) is 0 Å². The van der Waals surface area contributed by atoms with E-state index in [1.54, 1.807) is 0 Å². The molecule has 0 heterocycles. The second-order valence-corrected chi connectivity index (χ2v) is 4.44. The summed E-state index contributed by atoms with van der Waals surface area (Å²) in [7, 11) is 0. The lowest BCUT2D eigenvalue weighted by Gasteiger charge is -2.11. The molecule has 1 aromatic carbocycles. The molecule has 1 rings (SSSR count). The maximum atomic E-state index is 4.17. The van der Waals surface area contributed by atoms with Crippen LogP contribution in [0.1, 0.15) is 48.4 Å². The maximum Gasteiger partial charge on any atom is -0.0225 e. The first-order chi connectivity index (χ1) is 7.06. The van der Waals surface area contributed by atoms with Gasteiger partial charge in [-0.1, -0.05) is 32.1 Å². The van der Waals surface area contributed by atoms with E-state index >= 15 is 0 Å². The van der Waals surface area contributed by atoms with Crippen LogP contribution in [0, 0.1) is 20.8 Å². The Kier molecular flexibility index (Phi) is 4.14. The molecule has 0 saturated heterocycles. The van der Waals surface area contributed by atoms with Crippen LogP contribution in [0.25, 0.3) is 5.57 Å². The summed E-state index contributed by atoms with van der Waals surface area (Å²) in [5, 5.41) is 0. The predicted molar refractivity (Wildman–Crippen MR) is 69.2 cm³/mol. The fourth-order valence-electron chi connectivity index (χ4n) is 1.77. The largest absolute Gasteiger partial charge is 0.0952 e. The van der Waals surface area contributed by atoms with Crippen molar-refractivity contribution in [3.8, 4) is 0 Å². The number of allylic oxidation sites excluding steroid dienone is 1. The van der Waals surface area contributed by atoms with Crippen LogP contribution in [0.5, 0.6) is 0 Å². The monoisotopic (exact) mass is 202 g/mol. The van der Waals surface area contributed by atoms with Crippen LogP contribution in [0.2, 0.25) is 0 Å². The second-order valence-electron chi connectivity index (χ2n) is 4.44. The van der Waals surface area contributed by atoms with E-state index in [9.17, 15) is 0 Å². The molecule has 0 N–H and O–H groups in total. The summed E-state index contributed by atoms with van der Waals surface area (Å²) in [4.78, 5) is 0. The van der Waals surface area contributed by atoms with Gasteiger partial charge >= 0.3 is 0 Å². The normalized spacial score (nSPS) is 10.4. The summed E-state index contributed by atoms with van der Waals surface area (Å²) in [5.74, 6) is 0. The van der Waals surface area contributed by atoms with E-state index in [1.807, 2.05) is 0 Å². The van der Waals surface area contributed by atoms with Crippen molar-refractivity contribution < 1.29 is 0 Å². The highest BCUT2D eigenvalue weighted by Gasteiger charge is 2.03. The molecule has 0 nitrogen and oxygen atoms in total. The minimum Gasteiger partial charge on any atom is -0.0952 e. The van der Waals surface area contributed by atoms with Crippen LogP contribution in [-0.4, -0.2) is 0 Å². The van der Waals surface area contributed by atoms with Gasteiger partial charge in [-0.05, 0) is 61.4 Å². The average Bonchev–Trinajstić information content (AvgIpc) is 2.21. The second kappa shape index (κ2) is 5.16. The topological polar surface area (TPSA) is 0 Å². The molecule has 15 heavy (non-hydrogen) atoms. The third-order valence-corrected chi connectivity index (χ3v) is 3.17. The Balaban J connectivity index is 2.91. The molecule has 82 valence electrons. The van der Waals surface area contributed by atoms with Gasteiger partial charge in [-0.3, -0.25) is 0 Å². The van der Waals surface area contributed by atoms with Crippen molar-refractivity contribution >= 4 is 5.57 Å². The van der Waals surface area contributed by atoms with Crippen LogP contribution in [0.4, 0.5) is 0 Å². The minimum atomic E-state index is 1.12. The highest BCUT2D eigenvalue weighted by molar-refractivity contribution is 5.65. The van der Waals surface area contributed by atoms with Crippen molar-refractivity contribution in [3.05, 3.63) is 41.0 Å². The van der Waals surface area contributed by atoms with Gasteiger partial charge in [0.05, 0.1) is 0 Å². The van der Waals surface area contributed by atoms with Crippen molar-refractivity contribution in [2.45, 2.75) is 47.0 Å². The van der Waals surface area contributed by atoms with Crippen LogP contribution in [-0.2, 0) is 0 Å². The lowest BCUT2D eigenvalue weighted by molar-refractivity contribution is 0.825. The third-order valence-electron chi connectivity index (χ3n) is 3.17. The average molecular weight is 202 g/mol. The lowest BCUT2D eigenvalue weighted by Crippen LogP contribution is -1.91. The summed E-state index contributed by atoms with van der Waals surface area (Å²) in [6.07, 6.45) is 3.60. The quantitative estimate of drug-likeness (QED) is 0.657. The first kappa shape index (κ1) is 12.0. The minimum absolute atomic E-state index is 1.12. The molecule has 0 spiro atoms. The molecule has 0 heteroatoms. The Morgan fingerprint density at radius 2 is 1.67 bits per heavy atom. The van der Waals surface area contributed by atoms with E-state index in [1.165, 1.54) is 40.7 Å². The molecule has 0 fully saturated rings. The standard InChI is InChI=1S/C15H22/c1-6-7-8-11(2)15-9-12(3)14(5)13(4)10-15/h9-10H,2,6-8H2,1,3-5H3. The molecule has 0 radical (unpaired) electrons. The zero-order valence-corrected chi connectivity index (χ0v) is 10.5. The Morgan fingerprint density at radius 3 is 2.13 bits per heavy atom. The van der Waals surface area contributed by atoms with E-state index < -0.39 is 0 Å². The highest BCUT2D eigenvalue weighted by atomic mass is 14.1. The first-order valence-corrected chi connectivity index (χ1v) is 5.82. The molecular weight excluding hydrogens is 180 g/mol. The van der Waals surface area contributed by atoms with Gasteiger partial charge in [-0.25, -0.2) is 0 Å². The van der Waals surface area contributed by atoms with E-state index in [0.29, 0.717) is 0 Å². The predicted octanol–water partition coefficient (Wildman–Crippen LogP) is 4.82. The van der Waals surface area contributed by atoms with Crippen molar-refractivity contribution in [2.75, 3.05) is 0 Å². The maximum absolute atomic E-state index is 4.17. The van der Waals surface area contributed by atoms with E-state index in [2.05, 4.69) is 46.4 Å². The molecule has 0 amide bonds. The SMILES string of the molecule is C=C(CCCC)c1cc(C)c(C)c(C)c1. The van der Waals surface area contributed by atoms with E-state index in [4.69, 9.17) is 0 Å². The van der Waals surface area contributed by atoms with Crippen molar-refractivity contribution in [2.24, 2.45) is 0 Å². The smallest absolute Gasteiger partial charge is 0.0225 e. The van der Waals surface area contributed by atoms with Gasteiger partial charge in [0, 0.05) is 0 Å². The van der Waals surface area contributed by atoms with Crippen LogP contribution >= 0.6 is 0 Å². The number of benzene rings is 1. The van der Waals surface area contributed by atoms with Crippen molar-refractivity contribution in [1.29, 1.82) is 0 Å². The lowest BCUT2D eigenvalue weighted by atomic mass is 9.95. The van der Waals surface area contributed by atoms with Gasteiger partial charge in [0.1, 0.15) is 0 Å². The molecule has 0 bridgehead atoms. The summed E-state index contributed by atoms with van der Waals surface area (Å²) in [5.41, 5.74) is 6.76. The van der Waals surface area contributed by atoms with Crippen LogP contribution in [0.15, 0.2) is 18.7 Å². The zero-order chi connectivity index (χ0) is 11.4. The van der Waals surface area contributed by atoms with Gasteiger partial charge < -0.3 is 0 Å².